The van der Waals surface area contributed by atoms with Crippen molar-refractivity contribution in [3.8, 4) is 0 Å². The van der Waals surface area contributed by atoms with Crippen LogP contribution in [0.5, 0.6) is 0 Å². The Morgan fingerprint density at radius 2 is 1.71 bits per heavy atom. The lowest BCUT2D eigenvalue weighted by atomic mass is 10.2. The molecule has 1 nitrogen and oxygen atoms in total. The fourth-order valence-electron chi connectivity index (χ4n) is 1.51. The van der Waals surface area contributed by atoms with Gasteiger partial charge in [-0.3, -0.25) is 4.98 Å². The van der Waals surface area contributed by atoms with Gasteiger partial charge in [-0.2, -0.15) is 0 Å². The summed E-state index contributed by atoms with van der Waals surface area (Å²) in [5.74, 6) is -1.16. The summed E-state index contributed by atoms with van der Waals surface area (Å²) in [4.78, 5) is 4.26. The molecule has 0 atom stereocenters. The first-order chi connectivity index (χ1) is 8.13. The van der Waals surface area contributed by atoms with Crippen LogP contribution in [-0.2, 0) is 0 Å². The molecule has 2 rings (SSSR count). The van der Waals surface area contributed by atoms with Gasteiger partial charge in [0, 0.05) is 11.8 Å². The monoisotopic (exact) mass is 231 g/mol. The number of hydrogen-bond donors (Lipinski definition) is 0. The smallest absolute Gasteiger partial charge is 0.126 e. The highest BCUT2D eigenvalue weighted by atomic mass is 19.1. The summed E-state index contributed by atoms with van der Waals surface area (Å²) in [7, 11) is 0. The van der Waals surface area contributed by atoms with Crippen molar-refractivity contribution in [2.24, 2.45) is 0 Å². The molecule has 1 heterocycles. The quantitative estimate of drug-likeness (QED) is 0.765. The summed E-state index contributed by atoms with van der Waals surface area (Å²) in [5, 5.41) is 0. The van der Waals surface area contributed by atoms with Gasteiger partial charge in [0.1, 0.15) is 11.6 Å². The van der Waals surface area contributed by atoms with Gasteiger partial charge in [0.15, 0.2) is 0 Å². The van der Waals surface area contributed by atoms with E-state index in [1.165, 1.54) is 12.1 Å². The van der Waals surface area contributed by atoms with Crippen LogP contribution < -0.4 is 0 Å². The molecule has 0 aliphatic rings. The maximum atomic E-state index is 12.9. The van der Waals surface area contributed by atoms with Crippen LogP contribution in [0, 0.1) is 18.6 Å². The number of aryl methyl sites for hydroxylation is 1. The zero-order valence-corrected chi connectivity index (χ0v) is 9.32. The van der Waals surface area contributed by atoms with E-state index < -0.39 is 11.6 Å². The van der Waals surface area contributed by atoms with Crippen molar-refractivity contribution in [3.05, 3.63) is 65.0 Å². The van der Waals surface area contributed by atoms with Crippen LogP contribution in [0.3, 0.4) is 0 Å². The van der Waals surface area contributed by atoms with Gasteiger partial charge in [0.05, 0.1) is 5.69 Å². The number of aromatic nitrogens is 1. The maximum Gasteiger partial charge on any atom is 0.126 e. The second-order valence-electron chi connectivity index (χ2n) is 3.74. The molecular weight excluding hydrogens is 220 g/mol. The van der Waals surface area contributed by atoms with Gasteiger partial charge in [0.25, 0.3) is 0 Å². The van der Waals surface area contributed by atoms with Gasteiger partial charge < -0.3 is 0 Å². The van der Waals surface area contributed by atoms with Crippen LogP contribution in [-0.4, -0.2) is 4.98 Å². The minimum Gasteiger partial charge on any atom is -0.254 e. The summed E-state index contributed by atoms with van der Waals surface area (Å²) in [6.45, 7) is 1.89. The van der Waals surface area contributed by atoms with Gasteiger partial charge in [-0.1, -0.05) is 12.1 Å². The first kappa shape index (κ1) is 11.5. The molecule has 0 bridgehead atoms. The number of nitrogens with zero attached hydrogens (tertiary/aromatic N) is 1. The van der Waals surface area contributed by atoms with Gasteiger partial charge in [-0.25, -0.2) is 8.78 Å². The molecule has 0 spiro atoms. The second-order valence-corrected chi connectivity index (χ2v) is 3.74. The van der Waals surface area contributed by atoms with E-state index in [0.29, 0.717) is 5.56 Å². The van der Waals surface area contributed by atoms with E-state index in [1.54, 1.807) is 12.2 Å². The molecule has 0 aliphatic carbocycles. The van der Waals surface area contributed by atoms with Gasteiger partial charge in [0.2, 0.25) is 0 Å². The van der Waals surface area contributed by atoms with Crippen molar-refractivity contribution >= 4 is 12.2 Å². The first-order valence-corrected chi connectivity index (χ1v) is 5.21. The van der Waals surface area contributed by atoms with Gasteiger partial charge in [-0.15, -0.1) is 0 Å². The third-order valence-electron chi connectivity index (χ3n) is 2.24. The first-order valence-electron chi connectivity index (χ1n) is 5.21. The molecule has 0 saturated carbocycles. The third kappa shape index (κ3) is 3.21. The molecule has 0 radical (unpaired) electrons. The molecule has 0 N–H and O–H groups in total. The molecule has 0 fully saturated rings. The van der Waals surface area contributed by atoms with Gasteiger partial charge in [-0.05, 0) is 42.8 Å². The number of hydrogen-bond acceptors (Lipinski definition) is 1. The predicted octanol–water partition coefficient (Wildman–Crippen LogP) is 3.84. The standard InChI is InChI=1S/C14H11F2N/c1-10-3-2-4-14(17-10)6-5-11-7-12(15)9-13(16)8-11/h2-9H,1H3. The van der Waals surface area contributed by atoms with Crippen LogP contribution in [0.2, 0.25) is 0 Å². The predicted molar refractivity (Wildman–Crippen MR) is 64.3 cm³/mol. The molecule has 0 unspecified atom stereocenters. The van der Waals surface area contributed by atoms with Crippen molar-refractivity contribution in [1.82, 2.24) is 4.98 Å². The average Bonchev–Trinajstić information content (AvgIpc) is 2.25. The van der Waals surface area contributed by atoms with Crippen molar-refractivity contribution < 1.29 is 8.78 Å². The molecule has 2 aromatic rings. The van der Waals surface area contributed by atoms with E-state index in [9.17, 15) is 8.78 Å². The lowest BCUT2D eigenvalue weighted by molar-refractivity contribution is 0.583. The van der Waals surface area contributed by atoms with E-state index in [0.717, 1.165) is 17.5 Å². The van der Waals surface area contributed by atoms with E-state index in [4.69, 9.17) is 0 Å². The fraction of sp³-hybridized carbons (Fsp3) is 0.0714. The molecule has 3 heteroatoms. The Morgan fingerprint density at radius 1 is 1.00 bits per heavy atom. The van der Waals surface area contributed by atoms with Crippen molar-refractivity contribution in [3.63, 3.8) is 0 Å². The summed E-state index contributed by atoms with van der Waals surface area (Å²) < 4.78 is 25.9. The molecule has 1 aromatic heterocycles. The van der Waals surface area contributed by atoms with Crippen molar-refractivity contribution in [2.75, 3.05) is 0 Å². The highest BCUT2D eigenvalue weighted by molar-refractivity contribution is 5.67. The summed E-state index contributed by atoms with van der Waals surface area (Å²) >= 11 is 0. The Bertz CT molecular complexity index is 542. The van der Waals surface area contributed by atoms with Crippen LogP contribution in [0.4, 0.5) is 8.78 Å². The Hall–Kier alpha value is -2.03. The van der Waals surface area contributed by atoms with Crippen molar-refractivity contribution in [2.45, 2.75) is 6.92 Å². The minimum absolute atomic E-state index is 0.478. The van der Waals surface area contributed by atoms with E-state index in [-0.39, 0.29) is 0 Å². The highest BCUT2D eigenvalue weighted by Gasteiger charge is 1.97. The third-order valence-corrected chi connectivity index (χ3v) is 2.24. The largest absolute Gasteiger partial charge is 0.254 e. The van der Waals surface area contributed by atoms with E-state index in [2.05, 4.69) is 4.98 Å². The topological polar surface area (TPSA) is 12.9 Å². The molecule has 86 valence electrons. The highest BCUT2D eigenvalue weighted by Crippen LogP contribution is 2.11. The van der Waals surface area contributed by atoms with Crippen LogP contribution in [0.25, 0.3) is 12.2 Å². The van der Waals surface area contributed by atoms with E-state index >= 15 is 0 Å². The van der Waals surface area contributed by atoms with E-state index in [1.807, 2.05) is 25.1 Å². The van der Waals surface area contributed by atoms with Crippen molar-refractivity contribution in [1.29, 1.82) is 0 Å². The number of pyridine rings is 1. The summed E-state index contributed by atoms with van der Waals surface area (Å²) in [6, 6.07) is 9.00. The van der Waals surface area contributed by atoms with Gasteiger partial charge >= 0.3 is 0 Å². The summed E-state index contributed by atoms with van der Waals surface area (Å²) in [5.41, 5.74) is 2.14. The Balaban J connectivity index is 2.25. The van der Waals surface area contributed by atoms with Crippen LogP contribution in [0.1, 0.15) is 17.0 Å². The molecule has 0 saturated heterocycles. The zero-order chi connectivity index (χ0) is 12.3. The molecule has 1 aromatic carbocycles. The maximum absolute atomic E-state index is 12.9. The normalized spacial score (nSPS) is 11.0. The van der Waals surface area contributed by atoms with Crippen LogP contribution in [0.15, 0.2) is 36.4 Å². The number of benzene rings is 1. The second kappa shape index (κ2) is 4.87. The minimum atomic E-state index is -0.582. The zero-order valence-electron chi connectivity index (χ0n) is 9.32. The Kier molecular flexibility index (Phi) is 3.28. The van der Waals surface area contributed by atoms with Crippen LogP contribution >= 0.6 is 0 Å². The molecule has 17 heavy (non-hydrogen) atoms. The lowest BCUT2D eigenvalue weighted by Gasteiger charge is -1.97. The number of halogens is 2. The lowest BCUT2D eigenvalue weighted by Crippen LogP contribution is -1.84. The fourth-order valence-corrected chi connectivity index (χ4v) is 1.51. The molecule has 0 amide bonds. The SMILES string of the molecule is Cc1cccc(C=Cc2cc(F)cc(F)c2)n1. The summed E-state index contributed by atoms with van der Waals surface area (Å²) in [6.07, 6.45) is 3.36. The number of rotatable bonds is 2. The Labute approximate surface area is 98.4 Å². The molecule has 0 aliphatic heterocycles. The Morgan fingerprint density at radius 3 is 2.35 bits per heavy atom. The molecular formula is C14H11F2N. The average molecular weight is 231 g/mol.